The summed E-state index contributed by atoms with van der Waals surface area (Å²) in [4.78, 5) is 31.4. The first-order valence-corrected chi connectivity index (χ1v) is 10.1. The number of nitrogens with zero attached hydrogens (tertiary/aromatic N) is 3. The maximum atomic E-state index is 13.2. The molecule has 2 N–H and O–H groups in total. The van der Waals surface area contributed by atoms with Crippen LogP contribution in [0.15, 0.2) is 28.8 Å². The Morgan fingerprint density at radius 3 is 2.93 bits per heavy atom. The minimum Gasteiger partial charge on any atom is -0.468 e. The van der Waals surface area contributed by atoms with Crippen LogP contribution in [0.3, 0.4) is 0 Å². The highest BCUT2D eigenvalue weighted by Gasteiger charge is 2.55. The number of rotatable bonds is 8. The summed E-state index contributed by atoms with van der Waals surface area (Å²) >= 11 is 0. The molecule has 3 unspecified atom stereocenters. The number of hydrogen-bond donors (Lipinski definition) is 1. The van der Waals surface area contributed by atoms with Crippen LogP contribution in [0.4, 0.5) is 0 Å². The number of amides is 2. The van der Waals surface area contributed by atoms with Crippen LogP contribution in [0.25, 0.3) is 0 Å². The van der Waals surface area contributed by atoms with Gasteiger partial charge in [-0.1, -0.05) is 23.4 Å². The van der Waals surface area contributed by atoms with Gasteiger partial charge in [0.05, 0.1) is 6.61 Å². The SMILES string of the molecule is COCCc1noc(CCCN2C(=O)C(C(N)=O)C3CC2(C)Oc2ccccc23)n1. The average Bonchev–Trinajstić information content (AvgIpc) is 3.16. The molecule has 0 aliphatic carbocycles. The second kappa shape index (κ2) is 8.06. The molecule has 9 nitrogen and oxygen atoms in total. The molecular formula is C21H26N4O5. The fourth-order valence-electron chi connectivity index (χ4n) is 4.45. The molecule has 1 saturated heterocycles. The van der Waals surface area contributed by atoms with Crippen molar-refractivity contribution in [1.29, 1.82) is 0 Å². The number of para-hydroxylation sites is 1. The molecule has 30 heavy (non-hydrogen) atoms. The van der Waals surface area contributed by atoms with Crippen LogP contribution in [0.1, 0.15) is 43.0 Å². The summed E-state index contributed by atoms with van der Waals surface area (Å²) in [7, 11) is 1.62. The van der Waals surface area contributed by atoms with E-state index in [-0.39, 0.29) is 11.8 Å². The van der Waals surface area contributed by atoms with Crippen LogP contribution < -0.4 is 10.5 Å². The normalized spacial score (nSPS) is 25.0. The minimum absolute atomic E-state index is 0.277. The van der Waals surface area contributed by atoms with Crippen molar-refractivity contribution in [3.63, 3.8) is 0 Å². The van der Waals surface area contributed by atoms with E-state index in [2.05, 4.69) is 10.1 Å². The molecule has 2 aliphatic heterocycles. The Morgan fingerprint density at radius 1 is 1.37 bits per heavy atom. The number of nitrogens with two attached hydrogens (primary N) is 1. The van der Waals surface area contributed by atoms with E-state index in [1.807, 2.05) is 31.2 Å². The van der Waals surface area contributed by atoms with Crippen molar-refractivity contribution in [1.82, 2.24) is 15.0 Å². The number of ether oxygens (including phenoxy) is 2. The van der Waals surface area contributed by atoms with Gasteiger partial charge in [-0.2, -0.15) is 4.98 Å². The molecular weight excluding hydrogens is 388 g/mol. The van der Waals surface area contributed by atoms with Crippen molar-refractivity contribution in [2.45, 2.75) is 44.2 Å². The zero-order valence-corrected chi connectivity index (χ0v) is 17.2. The number of benzene rings is 1. The quantitative estimate of drug-likeness (QED) is 0.648. The molecule has 2 aromatic rings. The van der Waals surface area contributed by atoms with Crippen molar-refractivity contribution < 1.29 is 23.6 Å². The van der Waals surface area contributed by atoms with Gasteiger partial charge < -0.3 is 24.6 Å². The lowest BCUT2D eigenvalue weighted by molar-refractivity contribution is -0.175. The van der Waals surface area contributed by atoms with Gasteiger partial charge in [-0.15, -0.1) is 0 Å². The highest BCUT2D eigenvalue weighted by molar-refractivity contribution is 6.01. The summed E-state index contributed by atoms with van der Waals surface area (Å²) in [6, 6.07) is 7.53. The lowest BCUT2D eigenvalue weighted by atomic mass is 9.73. The fourth-order valence-corrected chi connectivity index (χ4v) is 4.45. The Morgan fingerprint density at radius 2 is 2.17 bits per heavy atom. The predicted molar refractivity (Wildman–Crippen MR) is 105 cm³/mol. The van der Waals surface area contributed by atoms with Crippen LogP contribution in [0.2, 0.25) is 0 Å². The zero-order chi connectivity index (χ0) is 21.3. The standard InChI is InChI=1S/C21H26N4O5/c1-21-12-14(13-6-3-4-7-15(13)29-21)18(19(22)26)20(27)25(21)10-5-8-17-23-16(24-30-17)9-11-28-2/h3-4,6-7,14,18H,5,8-12H2,1-2H3,(H2,22,26). The number of carbonyl (C=O) groups excluding carboxylic acids is 2. The Balaban J connectivity index is 1.50. The van der Waals surface area contributed by atoms with Gasteiger partial charge >= 0.3 is 0 Å². The third-order valence-corrected chi connectivity index (χ3v) is 5.87. The van der Waals surface area contributed by atoms with Gasteiger partial charge in [0.2, 0.25) is 17.7 Å². The van der Waals surface area contributed by atoms with E-state index in [1.54, 1.807) is 12.0 Å². The van der Waals surface area contributed by atoms with Crippen molar-refractivity contribution in [2.75, 3.05) is 20.3 Å². The number of likely N-dealkylation sites (tertiary alicyclic amines) is 1. The number of carbonyl (C=O) groups is 2. The molecule has 9 heteroatoms. The van der Waals surface area contributed by atoms with E-state index in [1.165, 1.54) is 0 Å². The van der Waals surface area contributed by atoms with Gasteiger partial charge in [0.1, 0.15) is 11.7 Å². The van der Waals surface area contributed by atoms with Crippen LogP contribution in [0.5, 0.6) is 5.75 Å². The van der Waals surface area contributed by atoms with Gasteiger partial charge in [0, 0.05) is 38.8 Å². The molecule has 2 amide bonds. The molecule has 1 fully saturated rings. The van der Waals surface area contributed by atoms with Gasteiger partial charge in [-0.25, -0.2) is 0 Å². The fraction of sp³-hybridized carbons (Fsp3) is 0.524. The molecule has 0 spiro atoms. The van der Waals surface area contributed by atoms with E-state index < -0.39 is 17.6 Å². The predicted octanol–water partition coefficient (Wildman–Crippen LogP) is 1.42. The molecule has 2 aliphatic rings. The van der Waals surface area contributed by atoms with Crippen molar-refractivity contribution in [2.24, 2.45) is 11.7 Å². The topological polar surface area (TPSA) is 121 Å². The Kier molecular flexibility index (Phi) is 5.46. The maximum absolute atomic E-state index is 13.2. The van der Waals surface area contributed by atoms with E-state index >= 15 is 0 Å². The first-order valence-electron chi connectivity index (χ1n) is 10.1. The third-order valence-electron chi connectivity index (χ3n) is 5.87. The van der Waals surface area contributed by atoms with Crippen LogP contribution in [-0.2, 0) is 27.2 Å². The van der Waals surface area contributed by atoms with E-state index in [0.29, 0.717) is 56.3 Å². The van der Waals surface area contributed by atoms with Gasteiger partial charge in [0.25, 0.3) is 0 Å². The second-order valence-corrected chi connectivity index (χ2v) is 7.95. The number of aromatic nitrogens is 2. The Hall–Kier alpha value is -2.94. The smallest absolute Gasteiger partial charge is 0.238 e. The van der Waals surface area contributed by atoms with E-state index in [0.717, 1.165) is 5.56 Å². The number of methoxy groups -OCH3 is 1. The number of aryl methyl sites for hydroxylation is 1. The first-order chi connectivity index (χ1) is 14.4. The minimum atomic E-state index is -0.896. The van der Waals surface area contributed by atoms with Gasteiger partial charge in [0.15, 0.2) is 11.5 Å². The molecule has 2 bridgehead atoms. The lowest BCUT2D eigenvalue weighted by Gasteiger charge is -2.52. The number of hydrogen-bond acceptors (Lipinski definition) is 7. The molecule has 0 saturated carbocycles. The monoisotopic (exact) mass is 414 g/mol. The largest absolute Gasteiger partial charge is 0.468 e. The molecule has 160 valence electrons. The van der Waals surface area contributed by atoms with Crippen molar-refractivity contribution in [3.05, 3.63) is 41.5 Å². The zero-order valence-electron chi connectivity index (χ0n) is 17.2. The summed E-state index contributed by atoms with van der Waals surface area (Å²) in [5, 5.41) is 3.93. The van der Waals surface area contributed by atoms with Crippen LogP contribution in [0, 0.1) is 5.92 Å². The highest BCUT2D eigenvalue weighted by atomic mass is 16.5. The summed E-state index contributed by atoms with van der Waals surface area (Å²) in [5.74, 6) is -0.269. The Labute approximate surface area is 174 Å². The molecule has 1 aromatic heterocycles. The lowest BCUT2D eigenvalue weighted by Crippen LogP contribution is -2.64. The summed E-state index contributed by atoms with van der Waals surface area (Å²) in [5.41, 5.74) is 5.68. The molecule has 4 rings (SSSR count). The number of primary amides is 1. The summed E-state index contributed by atoms with van der Waals surface area (Å²) in [6.07, 6.45) is 2.21. The van der Waals surface area contributed by atoms with Gasteiger partial charge in [-0.3, -0.25) is 9.59 Å². The van der Waals surface area contributed by atoms with Crippen molar-refractivity contribution in [3.8, 4) is 5.75 Å². The van der Waals surface area contributed by atoms with Crippen LogP contribution in [-0.4, -0.2) is 52.8 Å². The summed E-state index contributed by atoms with van der Waals surface area (Å²) in [6.45, 7) is 2.80. The first kappa shape index (κ1) is 20.3. The third kappa shape index (κ3) is 3.65. The molecule has 0 radical (unpaired) electrons. The molecule has 1 aromatic carbocycles. The van der Waals surface area contributed by atoms with Crippen molar-refractivity contribution >= 4 is 11.8 Å². The highest BCUT2D eigenvalue weighted by Crippen LogP contribution is 2.49. The second-order valence-electron chi connectivity index (χ2n) is 7.95. The maximum Gasteiger partial charge on any atom is 0.238 e. The summed E-state index contributed by atoms with van der Waals surface area (Å²) < 4.78 is 16.5. The number of piperidine rings is 1. The van der Waals surface area contributed by atoms with Gasteiger partial charge in [-0.05, 0) is 25.0 Å². The van der Waals surface area contributed by atoms with E-state index in [4.69, 9.17) is 19.7 Å². The average molecular weight is 414 g/mol. The number of fused-ring (bicyclic) bond motifs is 4. The van der Waals surface area contributed by atoms with E-state index in [9.17, 15) is 9.59 Å². The molecule has 3 heterocycles. The molecule has 3 atom stereocenters. The van der Waals surface area contributed by atoms with Crippen LogP contribution >= 0.6 is 0 Å². The Bertz CT molecular complexity index is 945.